The van der Waals surface area contributed by atoms with Crippen LogP contribution < -0.4 is 0 Å². The highest BCUT2D eigenvalue weighted by Crippen LogP contribution is 2.24. The van der Waals surface area contributed by atoms with Gasteiger partial charge in [0.25, 0.3) is 0 Å². The van der Waals surface area contributed by atoms with Crippen LogP contribution in [0.25, 0.3) is 0 Å². The minimum Gasteiger partial charge on any atom is -0.468 e. The van der Waals surface area contributed by atoms with Crippen LogP contribution in [-0.2, 0) is 9.53 Å². The lowest BCUT2D eigenvalue weighted by molar-refractivity contribution is -0.140. The lowest BCUT2D eigenvalue weighted by Crippen LogP contribution is -2.19. The molecule has 1 rings (SSSR count). The average molecular weight is 254 g/mol. The second-order valence-corrected chi connectivity index (χ2v) is 4.92. The van der Waals surface area contributed by atoms with Crippen molar-refractivity contribution in [3.8, 4) is 0 Å². The third-order valence-electron chi connectivity index (χ3n) is 2.30. The SMILES string of the molecule is CCCCC(Sc1nccc(C)n1)C(=O)OC. The van der Waals surface area contributed by atoms with E-state index in [1.807, 2.05) is 13.0 Å². The number of esters is 1. The quantitative estimate of drug-likeness (QED) is 0.444. The molecule has 0 bridgehead atoms. The van der Waals surface area contributed by atoms with Crippen molar-refractivity contribution in [3.63, 3.8) is 0 Å². The molecule has 17 heavy (non-hydrogen) atoms. The molecule has 1 atom stereocenters. The van der Waals surface area contributed by atoms with Gasteiger partial charge in [0.15, 0.2) is 5.16 Å². The third-order valence-corrected chi connectivity index (χ3v) is 3.42. The second kappa shape index (κ2) is 7.27. The number of hydrogen-bond donors (Lipinski definition) is 0. The van der Waals surface area contributed by atoms with Crippen LogP contribution in [-0.4, -0.2) is 28.3 Å². The van der Waals surface area contributed by atoms with Gasteiger partial charge < -0.3 is 4.74 Å². The summed E-state index contributed by atoms with van der Waals surface area (Å²) in [7, 11) is 1.42. The van der Waals surface area contributed by atoms with Gasteiger partial charge >= 0.3 is 5.97 Å². The smallest absolute Gasteiger partial charge is 0.319 e. The van der Waals surface area contributed by atoms with Crippen molar-refractivity contribution >= 4 is 17.7 Å². The van der Waals surface area contributed by atoms with Gasteiger partial charge in [-0.1, -0.05) is 31.5 Å². The maximum Gasteiger partial charge on any atom is 0.319 e. The molecule has 0 spiro atoms. The Morgan fingerprint density at radius 2 is 2.35 bits per heavy atom. The van der Waals surface area contributed by atoms with Crippen LogP contribution in [0.15, 0.2) is 17.4 Å². The van der Waals surface area contributed by atoms with Crippen LogP contribution in [0.5, 0.6) is 0 Å². The zero-order chi connectivity index (χ0) is 12.7. The maximum absolute atomic E-state index is 11.6. The summed E-state index contributed by atoms with van der Waals surface area (Å²) < 4.78 is 4.80. The molecule has 4 nitrogen and oxygen atoms in total. The van der Waals surface area contributed by atoms with Gasteiger partial charge in [0.1, 0.15) is 5.25 Å². The Bertz CT molecular complexity index is 371. The minimum absolute atomic E-state index is 0.200. The molecule has 94 valence electrons. The molecular formula is C12H18N2O2S. The summed E-state index contributed by atoms with van der Waals surface area (Å²) in [5.74, 6) is -0.200. The fraction of sp³-hybridized carbons (Fsp3) is 0.583. The zero-order valence-corrected chi connectivity index (χ0v) is 11.3. The Morgan fingerprint density at radius 3 is 2.94 bits per heavy atom. The number of rotatable bonds is 6. The molecular weight excluding hydrogens is 236 g/mol. The molecule has 1 heterocycles. The van der Waals surface area contributed by atoms with E-state index < -0.39 is 0 Å². The van der Waals surface area contributed by atoms with Crippen LogP contribution in [0.4, 0.5) is 0 Å². The highest BCUT2D eigenvalue weighted by molar-refractivity contribution is 8.00. The van der Waals surface area contributed by atoms with Gasteiger partial charge in [0.2, 0.25) is 0 Å². The molecule has 0 amide bonds. The Morgan fingerprint density at radius 1 is 1.59 bits per heavy atom. The van der Waals surface area contributed by atoms with Crippen LogP contribution >= 0.6 is 11.8 Å². The Balaban J connectivity index is 2.68. The van der Waals surface area contributed by atoms with E-state index in [2.05, 4.69) is 16.9 Å². The number of carbonyl (C=O) groups excluding carboxylic acids is 1. The number of carbonyl (C=O) groups is 1. The second-order valence-electron chi connectivity index (χ2n) is 3.75. The van der Waals surface area contributed by atoms with E-state index >= 15 is 0 Å². The number of hydrogen-bond acceptors (Lipinski definition) is 5. The zero-order valence-electron chi connectivity index (χ0n) is 10.5. The first-order valence-electron chi connectivity index (χ1n) is 5.71. The van der Waals surface area contributed by atoms with E-state index in [-0.39, 0.29) is 11.2 Å². The van der Waals surface area contributed by atoms with Gasteiger partial charge in [-0.3, -0.25) is 4.79 Å². The molecule has 0 fully saturated rings. The molecule has 1 unspecified atom stereocenters. The number of unbranched alkanes of at least 4 members (excludes halogenated alkanes) is 1. The fourth-order valence-electron chi connectivity index (χ4n) is 1.36. The molecule has 0 saturated heterocycles. The molecule has 0 saturated carbocycles. The summed E-state index contributed by atoms with van der Waals surface area (Å²) in [6.07, 6.45) is 4.56. The predicted molar refractivity (Wildman–Crippen MR) is 68.0 cm³/mol. The van der Waals surface area contributed by atoms with Gasteiger partial charge in [-0.25, -0.2) is 9.97 Å². The number of thioether (sulfide) groups is 1. The Hall–Kier alpha value is -1.10. The van der Waals surface area contributed by atoms with Crippen LogP contribution in [0.2, 0.25) is 0 Å². The van der Waals surface area contributed by atoms with Crippen LogP contribution in [0.1, 0.15) is 31.9 Å². The molecule has 0 aliphatic rings. The molecule has 0 aliphatic carbocycles. The number of methoxy groups -OCH3 is 1. The van der Waals surface area contributed by atoms with E-state index in [9.17, 15) is 4.79 Å². The van der Waals surface area contributed by atoms with Crippen molar-refractivity contribution in [2.24, 2.45) is 0 Å². The van der Waals surface area contributed by atoms with E-state index in [4.69, 9.17) is 4.74 Å². The minimum atomic E-state index is -0.207. The summed E-state index contributed by atoms with van der Waals surface area (Å²) in [5.41, 5.74) is 0.904. The fourth-order valence-corrected chi connectivity index (χ4v) is 2.41. The summed E-state index contributed by atoms with van der Waals surface area (Å²) in [5, 5.41) is 0.429. The maximum atomic E-state index is 11.6. The topological polar surface area (TPSA) is 52.1 Å². The standard InChI is InChI=1S/C12H18N2O2S/c1-4-5-6-10(11(15)16-3)17-12-13-8-7-9(2)14-12/h7-8,10H,4-6H2,1-3H3. The molecule has 1 aromatic heterocycles. The van der Waals surface area contributed by atoms with E-state index in [1.165, 1.54) is 18.9 Å². The predicted octanol–water partition coefficient (Wildman–Crippen LogP) is 2.61. The Labute approximate surface area is 106 Å². The van der Waals surface area contributed by atoms with Gasteiger partial charge in [-0.2, -0.15) is 0 Å². The first-order chi connectivity index (χ1) is 8.17. The van der Waals surface area contributed by atoms with Crippen molar-refractivity contribution in [1.29, 1.82) is 0 Å². The summed E-state index contributed by atoms with van der Waals surface area (Å²) in [6, 6.07) is 1.84. The molecule has 0 aliphatic heterocycles. The lowest BCUT2D eigenvalue weighted by Gasteiger charge is -2.12. The highest BCUT2D eigenvalue weighted by atomic mass is 32.2. The number of ether oxygens (including phenoxy) is 1. The van der Waals surface area contributed by atoms with Gasteiger partial charge in [0, 0.05) is 11.9 Å². The Kier molecular flexibility index (Phi) is 5.97. The van der Waals surface area contributed by atoms with Crippen LogP contribution in [0.3, 0.4) is 0 Å². The number of aryl methyl sites for hydroxylation is 1. The van der Waals surface area contributed by atoms with E-state index in [0.29, 0.717) is 5.16 Å². The third kappa shape index (κ3) is 4.73. The molecule has 1 aromatic rings. The molecule has 0 aromatic carbocycles. The first kappa shape index (κ1) is 14.0. The van der Waals surface area contributed by atoms with Crippen molar-refractivity contribution < 1.29 is 9.53 Å². The molecule has 5 heteroatoms. The van der Waals surface area contributed by atoms with Gasteiger partial charge in [0.05, 0.1) is 7.11 Å². The summed E-state index contributed by atoms with van der Waals surface area (Å²) in [4.78, 5) is 20.0. The highest BCUT2D eigenvalue weighted by Gasteiger charge is 2.21. The lowest BCUT2D eigenvalue weighted by atomic mass is 10.2. The van der Waals surface area contributed by atoms with Crippen LogP contribution in [0, 0.1) is 6.92 Å². The number of aromatic nitrogens is 2. The largest absolute Gasteiger partial charge is 0.468 e. The monoisotopic (exact) mass is 254 g/mol. The van der Waals surface area contributed by atoms with Crippen molar-refractivity contribution in [3.05, 3.63) is 18.0 Å². The normalized spacial score (nSPS) is 12.2. The van der Waals surface area contributed by atoms with Crippen molar-refractivity contribution in [2.45, 2.75) is 43.5 Å². The molecule has 0 radical (unpaired) electrons. The summed E-state index contributed by atoms with van der Waals surface area (Å²) >= 11 is 1.38. The van der Waals surface area contributed by atoms with E-state index in [1.54, 1.807) is 6.20 Å². The number of nitrogens with zero attached hydrogens (tertiary/aromatic N) is 2. The summed E-state index contributed by atoms with van der Waals surface area (Å²) in [6.45, 7) is 4.01. The molecule has 0 N–H and O–H groups in total. The van der Waals surface area contributed by atoms with Gasteiger partial charge in [-0.05, 0) is 19.4 Å². The van der Waals surface area contributed by atoms with Crippen molar-refractivity contribution in [1.82, 2.24) is 9.97 Å². The van der Waals surface area contributed by atoms with E-state index in [0.717, 1.165) is 25.0 Å². The average Bonchev–Trinajstić information content (AvgIpc) is 2.33. The van der Waals surface area contributed by atoms with Gasteiger partial charge in [-0.15, -0.1) is 0 Å². The van der Waals surface area contributed by atoms with Crippen molar-refractivity contribution in [2.75, 3.05) is 7.11 Å². The first-order valence-corrected chi connectivity index (χ1v) is 6.59.